The number of carbonyl (C=O) groups excluding carboxylic acids is 1. The van der Waals surface area contributed by atoms with Crippen molar-refractivity contribution in [2.45, 2.75) is 24.7 Å². The summed E-state index contributed by atoms with van der Waals surface area (Å²) in [5.74, 6) is 0.490. The number of sulfonamides is 1. The second-order valence-electron chi connectivity index (χ2n) is 7.37. The highest BCUT2D eigenvalue weighted by atomic mass is 32.2. The van der Waals surface area contributed by atoms with Gasteiger partial charge in [0.2, 0.25) is 10.0 Å². The minimum Gasteiger partial charge on any atom is -0.379 e. The number of hydrogen-bond acceptors (Lipinski definition) is 5. The highest BCUT2D eigenvalue weighted by molar-refractivity contribution is 7.89. The highest BCUT2D eigenvalue weighted by Crippen LogP contribution is 2.19. The Morgan fingerprint density at radius 3 is 2.56 bits per heavy atom. The first-order valence-corrected chi connectivity index (χ1v) is 11.1. The van der Waals surface area contributed by atoms with Gasteiger partial charge in [-0.2, -0.15) is 0 Å². The molecule has 150 valence electrons. The summed E-state index contributed by atoms with van der Waals surface area (Å²) in [6.45, 7) is 7.74. The van der Waals surface area contributed by atoms with Crippen LogP contribution in [0.5, 0.6) is 0 Å². The fraction of sp³-hybridized carbons (Fsp3) is 0.632. The Kier molecular flexibility index (Phi) is 6.86. The monoisotopic (exact) mass is 395 g/mol. The maximum atomic E-state index is 12.6. The molecule has 1 aromatic rings. The molecular formula is C19H29N3O4S. The number of carbonyl (C=O) groups is 1. The van der Waals surface area contributed by atoms with E-state index in [1.807, 2.05) is 4.90 Å². The number of piperidine rings is 1. The molecule has 3 rings (SSSR count). The molecule has 2 heterocycles. The highest BCUT2D eigenvalue weighted by Gasteiger charge is 2.23. The molecule has 0 spiro atoms. The number of morpholine rings is 1. The minimum atomic E-state index is -3.57. The van der Waals surface area contributed by atoms with Gasteiger partial charge in [0.05, 0.1) is 18.1 Å². The summed E-state index contributed by atoms with van der Waals surface area (Å²) >= 11 is 0. The smallest absolute Gasteiger partial charge is 0.253 e. The maximum absolute atomic E-state index is 12.6. The quantitative estimate of drug-likeness (QED) is 0.782. The molecule has 8 heteroatoms. The second kappa shape index (κ2) is 9.14. The van der Waals surface area contributed by atoms with Crippen LogP contribution in [0.25, 0.3) is 0 Å². The largest absolute Gasteiger partial charge is 0.379 e. The van der Waals surface area contributed by atoms with Crippen LogP contribution in [0.4, 0.5) is 0 Å². The van der Waals surface area contributed by atoms with Gasteiger partial charge in [-0.05, 0) is 43.0 Å². The maximum Gasteiger partial charge on any atom is 0.253 e. The van der Waals surface area contributed by atoms with Gasteiger partial charge in [0.1, 0.15) is 0 Å². The van der Waals surface area contributed by atoms with Gasteiger partial charge in [-0.1, -0.05) is 6.92 Å². The third-order valence-electron chi connectivity index (χ3n) is 5.18. The molecule has 2 aliphatic heterocycles. The molecule has 0 aliphatic carbocycles. The molecule has 0 aromatic heterocycles. The van der Waals surface area contributed by atoms with Crippen molar-refractivity contribution in [3.05, 3.63) is 29.8 Å². The number of nitrogens with zero attached hydrogens (tertiary/aromatic N) is 2. The van der Waals surface area contributed by atoms with E-state index in [-0.39, 0.29) is 10.8 Å². The van der Waals surface area contributed by atoms with Crippen molar-refractivity contribution in [1.82, 2.24) is 14.5 Å². The predicted molar refractivity (Wildman–Crippen MR) is 103 cm³/mol. The molecule has 27 heavy (non-hydrogen) atoms. The first-order chi connectivity index (χ1) is 13.0. The SMILES string of the molecule is CC1CCCN(C(=O)c2ccc(S(=O)(=O)NCCN3CCOCC3)cc2)C1. The van der Waals surface area contributed by atoms with Crippen molar-refractivity contribution in [2.75, 3.05) is 52.5 Å². The van der Waals surface area contributed by atoms with Crippen LogP contribution in [-0.4, -0.2) is 76.6 Å². The number of amides is 1. The Morgan fingerprint density at radius 2 is 1.89 bits per heavy atom. The van der Waals surface area contributed by atoms with Crippen molar-refractivity contribution in [2.24, 2.45) is 5.92 Å². The lowest BCUT2D eigenvalue weighted by molar-refractivity contribution is 0.0390. The Labute approximate surface area is 161 Å². The lowest BCUT2D eigenvalue weighted by Gasteiger charge is -2.31. The Balaban J connectivity index is 1.55. The van der Waals surface area contributed by atoms with Crippen molar-refractivity contribution >= 4 is 15.9 Å². The van der Waals surface area contributed by atoms with E-state index >= 15 is 0 Å². The van der Waals surface area contributed by atoms with E-state index in [9.17, 15) is 13.2 Å². The molecule has 1 unspecified atom stereocenters. The number of nitrogens with one attached hydrogen (secondary N) is 1. The van der Waals surface area contributed by atoms with Crippen molar-refractivity contribution in [3.63, 3.8) is 0 Å². The average molecular weight is 396 g/mol. The molecular weight excluding hydrogens is 366 g/mol. The topological polar surface area (TPSA) is 79.0 Å². The zero-order valence-electron chi connectivity index (χ0n) is 15.9. The summed E-state index contributed by atoms with van der Waals surface area (Å²) in [5, 5.41) is 0. The van der Waals surface area contributed by atoms with Crippen LogP contribution < -0.4 is 4.72 Å². The van der Waals surface area contributed by atoms with Crippen LogP contribution in [0.3, 0.4) is 0 Å². The average Bonchev–Trinajstić information content (AvgIpc) is 2.68. The van der Waals surface area contributed by atoms with Gasteiger partial charge >= 0.3 is 0 Å². The molecule has 0 saturated carbocycles. The molecule has 2 aliphatic rings. The number of benzene rings is 1. The van der Waals surface area contributed by atoms with Gasteiger partial charge in [-0.15, -0.1) is 0 Å². The zero-order chi connectivity index (χ0) is 19.3. The number of hydrogen-bond donors (Lipinski definition) is 1. The van der Waals surface area contributed by atoms with E-state index in [0.717, 1.165) is 39.0 Å². The summed E-state index contributed by atoms with van der Waals surface area (Å²) in [6.07, 6.45) is 2.17. The van der Waals surface area contributed by atoms with Crippen LogP contribution in [-0.2, 0) is 14.8 Å². The third kappa shape index (κ3) is 5.51. The van der Waals surface area contributed by atoms with Crippen LogP contribution in [0.2, 0.25) is 0 Å². The standard InChI is InChI=1S/C19H29N3O4S/c1-16-3-2-9-22(15-16)19(23)17-4-6-18(7-5-17)27(24,25)20-8-10-21-11-13-26-14-12-21/h4-7,16,20H,2-3,8-15H2,1H3. The van der Waals surface area contributed by atoms with Crippen molar-refractivity contribution < 1.29 is 17.9 Å². The van der Waals surface area contributed by atoms with Gasteiger partial charge in [-0.3, -0.25) is 9.69 Å². The Hall–Kier alpha value is -1.48. The van der Waals surface area contributed by atoms with E-state index in [1.54, 1.807) is 12.1 Å². The van der Waals surface area contributed by atoms with Gasteiger partial charge < -0.3 is 9.64 Å². The molecule has 1 N–H and O–H groups in total. The van der Waals surface area contributed by atoms with Gasteiger partial charge in [-0.25, -0.2) is 13.1 Å². The molecule has 2 saturated heterocycles. The van der Waals surface area contributed by atoms with E-state index in [1.165, 1.54) is 12.1 Å². The normalized spacial score (nSPS) is 22.0. The van der Waals surface area contributed by atoms with Crippen LogP contribution >= 0.6 is 0 Å². The molecule has 0 radical (unpaired) electrons. The second-order valence-corrected chi connectivity index (χ2v) is 9.14. The summed E-state index contributed by atoms with van der Waals surface area (Å²) < 4.78 is 32.8. The first kappa shape index (κ1) is 20.3. The molecule has 1 atom stereocenters. The molecule has 0 bridgehead atoms. The zero-order valence-corrected chi connectivity index (χ0v) is 16.7. The summed E-state index contributed by atoms with van der Waals surface area (Å²) in [5.41, 5.74) is 0.538. The summed E-state index contributed by atoms with van der Waals surface area (Å²) in [6, 6.07) is 6.24. The fourth-order valence-electron chi connectivity index (χ4n) is 3.58. The van der Waals surface area contributed by atoms with Crippen LogP contribution in [0.1, 0.15) is 30.1 Å². The summed E-state index contributed by atoms with van der Waals surface area (Å²) in [7, 11) is -3.57. The van der Waals surface area contributed by atoms with Crippen molar-refractivity contribution in [1.29, 1.82) is 0 Å². The third-order valence-corrected chi connectivity index (χ3v) is 6.66. The van der Waals surface area contributed by atoms with Gasteiger partial charge in [0, 0.05) is 44.8 Å². The number of likely N-dealkylation sites (tertiary alicyclic amines) is 1. The van der Waals surface area contributed by atoms with Gasteiger partial charge in [0.15, 0.2) is 0 Å². The van der Waals surface area contributed by atoms with Crippen LogP contribution in [0, 0.1) is 5.92 Å². The first-order valence-electron chi connectivity index (χ1n) is 9.65. The molecule has 2 fully saturated rings. The lowest BCUT2D eigenvalue weighted by Crippen LogP contribution is -2.41. The fourth-order valence-corrected chi connectivity index (χ4v) is 4.60. The Bertz CT molecular complexity index is 730. The predicted octanol–water partition coefficient (Wildman–Crippen LogP) is 1.17. The van der Waals surface area contributed by atoms with Crippen molar-refractivity contribution in [3.8, 4) is 0 Å². The van der Waals surface area contributed by atoms with Gasteiger partial charge in [0.25, 0.3) is 5.91 Å². The Morgan fingerprint density at radius 1 is 1.19 bits per heavy atom. The lowest BCUT2D eigenvalue weighted by atomic mass is 9.99. The van der Waals surface area contributed by atoms with Crippen LogP contribution in [0.15, 0.2) is 29.2 Å². The molecule has 1 amide bonds. The van der Waals surface area contributed by atoms with E-state index in [4.69, 9.17) is 4.74 Å². The van der Waals surface area contributed by atoms with E-state index in [2.05, 4.69) is 16.5 Å². The number of ether oxygens (including phenoxy) is 1. The minimum absolute atomic E-state index is 0.0224. The number of rotatable bonds is 6. The van der Waals surface area contributed by atoms with E-state index < -0.39 is 10.0 Å². The van der Waals surface area contributed by atoms with E-state index in [0.29, 0.717) is 37.8 Å². The molecule has 1 aromatic carbocycles. The summed E-state index contributed by atoms with van der Waals surface area (Å²) in [4.78, 5) is 16.8. The molecule has 7 nitrogen and oxygen atoms in total.